The quantitative estimate of drug-likeness (QED) is 0.174. The van der Waals surface area contributed by atoms with Gasteiger partial charge in [0, 0.05) is 21.5 Å². The van der Waals surface area contributed by atoms with Crippen molar-refractivity contribution in [2.45, 2.75) is 5.41 Å². The van der Waals surface area contributed by atoms with E-state index in [2.05, 4.69) is 215 Å². The van der Waals surface area contributed by atoms with Gasteiger partial charge in [-0.15, -0.1) is 0 Å². The summed E-state index contributed by atoms with van der Waals surface area (Å²) in [5, 5.41) is 5.06. The van der Waals surface area contributed by atoms with E-state index in [0.29, 0.717) is 0 Å². The van der Waals surface area contributed by atoms with Crippen molar-refractivity contribution in [2.75, 3.05) is 4.90 Å². The first-order valence-electron chi connectivity index (χ1n) is 18.2. The van der Waals surface area contributed by atoms with E-state index in [1.807, 2.05) is 0 Å². The van der Waals surface area contributed by atoms with Gasteiger partial charge in [-0.25, -0.2) is 0 Å². The van der Waals surface area contributed by atoms with Crippen LogP contribution in [-0.2, 0) is 5.41 Å². The summed E-state index contributed by atoms with van der Waals surface area (Å²) in [7, 11) is 0. The Hall–Kier alpha value is -6.22. The van der Waals surface area contributed by atoms with Crippen molar-refractivity contribution in [3.63, 3.8) is 0 Å². The summed E-state index contributed by atoms with van der Waals surface area (Å²) in [6, 6.07) is 71.5. The Labute approximate surface area is 317 Å². The molecule has 0 aliphatic heterocycles. The summed E-state index contributed by atoms with van der Waals surface area (Å²) in [6.45, 7) is 0. The highest BCUT2D eigenvalue weighted by molar-refractivity contribution is 9.10. The highest BCUT2D eigenvalue weighted by Gasteiger charge is 2.52. The van der Waals surface area contributed by atoms with E-state index in [0.717, 1.165) is 21.5 Å². The van der Waals surface area contributed by atoms with Gasteiger partial charge >= 0.3 is 0 Å². The first kappa shape index (κ1) is 30.4. The summed E-state index contributed by atoms with van der Waals surface area (Å²) in [6.07, 6.45) is 0. The van der Waals surface area contributed by atoms with Crippen molar-refractivity contribution in [1.82, 2.24) is 0 Å². The highest BCUT2D eigenvalue weighted by atomic mass is 79.9. The van der Waals surface area contributed by atoms with Crippen LogP contribution >= 0.6 is 15.9 Å². The van der Waals surface area contributed by atoms with Crippen molar-refractivity contribution < 1.29 is 0 Å². The fourth-order valence-electron chi connectivity index (χ4n) is 9.18. The van der Waals surface area contributed by atoms with Gasteiger partial charge in [0.15, 0.2) is 0 Å². The normalized spacial score (nSPS) is 15.0. The zero-order valence-electron chi connectivity index (χ0n) is 28.8. The topological polar surface area (TPSA) is 3.24 Å². The second-order valence-corrected chi connectivity index (χ2v) is 15.1. The van der Waals surface area contributed by atoms with Crippen LogP contribution in [0.25, 0.3) is 54.9 Å². The van der Waals surface area contributed by atoms with Crippen LogP contribution in [0.5, 0.6) is 0 Å². The molecule has 0 aromatic heterocycles. The Morgan fingerprint density at radius 1 is 0.321 bits per heavy atom. The van der Waals surface area contributed by atoms with Gasteiger partial charge in [-0.05, 0) is 150 Å². The Balaban J connectivity index is 1.15. The summed E-state index contributed by atoms with van der Waals surface area (Å²) >= 11 is 4.09. The van der Waals surface area contributed by atoms with Gasteiger partial charge in [0.05, 0.1) is 5.41 Å². The van der Waals surface area contributed by atoms with Crippen molar-refractivity contribution in [3.05, 3.63) is 221 Å². The monoisotopic (exact) mass is 737 g/mol. The van der Waals surface area contributed by atoms with Crippen molar-refractivity contribution in [1.29, 1.82) is 0 Å². The average Bonchev–Trinajstić information content (AvgIpc) is 3.65. The predicted molar refractivity (Wildman–Crippen MR) is 226 cm³/mol. The number of anilines is 3. The van der Waals surface area contributed by atoms with Crippen molar-refractivity contribution in [2.24, 2.45) is 0 Å². The van der Waals surface area contributed by atoms with Gasteiger partial charge in [-0.2, -0.15) is 0 Å². The van der Waals surface area contributed by atoms with Gasteiger partial charge in [-0.3, -0.25) is 0 Å². The fraction of sp³-hybridized carbons (Fsp3) is 0.0196. The van der Waals surface area contributed by atoms with Crippen LogP contribution in [-0.4, -0.2) is 0 Å². The lowest BCUT2D eigenvalue weighted by molar-refractivity contribution is 0.796. The average molecular weight is 739 g/mol. The van der Waals surface area contributed by atoms with Crippen LogP contribution in [0.2, 0.25) is 0 Å². The number of fused-ring (bicyclic) bond motifs is 12. The maximum atomic E-state index is 4.09. The molecule has 2 aliphatic carbocycles. The molecule has 0 saturated carbocycles. The van der Waals surface area contributed by atoms with E-state index in [1.54, 1.807) is 0 Å². The van der Waals surface area contributed by atoms with E-state index < -0.39 is 5.41 Å². The highest BCUT2D eigenvalue weighted by Crippen LogP contribution is 2.64. The smallest absolute Gasteiger partial charge is 0.0726 e. The van der Waals surface area contributed by atoms with Gasteiger partial charge in [0.2, 0.25) is 0 Å². The van der Waals surface area contributed by atoms with Crippen LogP contribution in [0.1, 0.15) is 22.3 Å². The molecule has 0 N–H and O–H groups in total. The zero-order chi connectivity index (χ0) is 35.1. The van der Waals surface area contributed by atoms with E-state index >= 15 is 0 Å². The summed E-state index contributed by atoms with van der Waals surface area (Å²) in [5.74, 6) is 0. The molecule has 9 aromatic carbocycles. The van der Waals surface area contributed by atoms with E-state index in [1.165, 1.54) is 77.2 Å². The molecule has 1 spiro atoms. The maximum absolute atomic E-state index is 4.09. The molecule has 1 unspecified atom stereocenters. The summed E-state index contributed by atoms with van der Waals surface area (Å²) in [5.41, 5.74) is 15.9. The molecular formula is C51H32BrN. The molecule has 2 heteroatoms. The van der Waals surface area contributed by atoms with E-state index in [-0.39, 0.29) is 0 Å². The zero-order valence-corrected chi connectivity index (χ0v) is 30.4. The van der Waals surface area contributed by atoms with Crippen LogP contribution in [0, 0.1) is 0 Å². The first-order valence-corrected chi connectivity index (χ1v) is 19.0. The fourth-order valence-corrected chi connectivity index (χ4v) is 9.75. The van der Waals surface area contributed by atoms with Gasteiger partial charge in [0.25, 0.3) is 0 Å². The second-order valence-electron chi connectivity index (χ2n) is 14.2. The third kappa shape index (κ3) is 4.43. The number of halogens is 1. The molecule has 53 heavy (non-hydrogen) atoms. The molecule has 0 saturated heterocycles. The standard InChI is InChI=1S/C51H32BrN/c52-50-32-45-44-28-35-14-8-10-16-37(35)30-48(44)51(46-22-12-11-21-41(46)43-27-34-13-7-9-15-36(34)29-47(43)51)49(45)31-42(50)33-23-25-40(26-24-33)53(38-17-3-1-4-18-38)39-19-5-2-6-20-39/h1-32H. The minimum absolute atomic E-state index is 0.461. The number of hydrogen-bond acceptors (Lipinski definition) is 1. The molecule has 1 nitrogen and oxygen atoms in total. The number of rotatable bonds is 4. The molecule has 0 radical (unpaired) electrons. The van der Waals surface area contributed by atoms with Crippen LogP contribution in [0.4, 0.5) is 17.1 Å². The SMILES string of the molecule is Brc1cc2c(cc1-c1ccc(N(c3ccccc3)c3ccccc3)cc1)C1(c3ccccc3-c3cc4ccccc4cc31)c1cc3ccccc3cc1-2. The molecule has 1 atom stereocenters. The molecule has 0 heterocycles. The lowest BCUT2D eigenvalue weighted by Gasteiger charge is -2.31. The number of nitrogens with zero attached hydrogens (tertiary/aromatic N) is 1. The lowest BCUT2D eigenvalue weighted by atomic mass is 9.69. The lowest BCUT2D eigenvalue weighted by Crippen LogP contribution is -2.26. The first-order chi connectivity index (χ1) is 26.2. The largest absolute Gasteiger partial charge is 0.311 e. The van der Waals surface area contributed by atoms with Crippen molar-refractivity contribution >= 4 is 54.5 Å². The Bertz CT molecular complexity index is 2860. The molecule has 0 fully saturated rings. The molecule has 11 rings (SSSR count). The Kier molecular flexibility index (Phi) is 6.68. The van der Waals surface area contributed by atoms with Gasteiger partial charge in [0.1, 0.15) is 0 Å². The Morgan fingerprint density at radius 3 is 1.34 bits per heavy atom. The number of hydrogen-bond donors (Lipinski definition) is 0. The number of para-hydroxylation sites is 2. The number of benzene rings is 9. The van der Waals surface area contributed by atoms with Gasteiger partial charge < -0.3 is 4.90 Å². The molecule has 248 valence electrons. The second kappa shape index (κ2) is 11.6. The van der Waals surface area contributed by atoms with Crippen LogP contribution < -0.4 is 4.90 Å². The van der Waals surface area contributed by atoms with Crippen molar-refractivity contribution in [3.8, 4) is 33.4 Å². The molecule has 9 aromatic rings. The minimum Gasteiger partial charge on any atom is -0.311 e. The summed E-state index contributed by atoms with van der Waals surface area (Å²) < 4.78 is 1.09. The molecule has 2 aliphatic rings. The third-order valence-corrected chi connectivity index (χ3v) is 12.1. The third-order valence-electron chi connectivity index (χ3n) is 11.5. The molecule has 0 bridgehead atoms. The summed E-state index contributed by atoms with van der Waals surface area (Å²) in [4.78, 5) is 2.31. The van der Waals surface area contributed by atoms with Crippen LogP contribution in [0.3, 0.4) is 0 Å². The Morgan fingerprint density at radius 2 is 0.755 bits per heavy atom. The van der Waals surface area contributed by atoms with E-state index in [9.17, 15) is 0 Å². The molecule has 0 amide bonds. The minimum atomic E-state index is -0.461. The predicted octanol–water partition coefficient (Wildman–Crippen LogP) is 14.2. The maximum Gasteiger partial charge on any atom is 0.0726 e. The van der Waals surface area contributed by atoms with Crippen LogP contribution in [0.15, 0.2) is 199 Å². The van der Waals surface area contributed by atoms with Gasteiger partial charge in [-0.1, -0.05) is 137 Å². The molecular weight excluding hydrogens is 706 g/mol. The van der Waals surface area contributed by atoms with E-state index in [4.69, 9.17) is 0 Å².